The molecule has 2 heterocycles. The third kappa shape index (κ3) is 2.65. The molecular formula is C16H22N4O. The Kier molecular flexibility index (Phi) is 3.68. The Hall–Kier alpha value is -1.88. The minimum atomic E-state index is -0.390. The average molecular weight is 286 g/mol. The Morgan fingerprint density at radius 3 is 3.05 bits per heavy atom. The maximum absolute atomic E-state index is 12.7. The van der Waals surface area contributed by atoms with Crippen molar-refractivity contribution in [1.82, 2.24) is 15.5 Å². The standard InChI is InChI=1S/C16H22N4O/c1-16(2,11-5-4-8-17-9-11)15(21)19-13-6-3-7-14-12(13)10-18-20-14/h3,6-7,10-11,17H,4-5,8-9H2,1-2H3,(H,18,20)(H,19,21). The van der Waals surface area contributed by atoms with Gasteiger partial charge in [-0.3, -0.25) is 9.89 Å². The van der Waals surface area contributed by atoms with Gasteiger partial charge in [0.1, 0.15) is 0 Å². The SMILES string of the molecule is CC(C)(C(=O)Nc1cccc2[nH]ncc12)C1CCCNC1. The molecule has 5 heteroatoms. The van der Waals surface area contributed by atoms with Crippen molar-refractivity contribution in [2.45, 2.75) is 26.7 Å². The largest absolute Gasteiger partial charge is 0.325 e. The van der Waals surface area contributed by atoms with Crippen LogP contribution in [0.15, 0.2) is 24.4 Å². The fourth-order valence-corrected chi connectivity index (χ4v) is 3.01. The molecule has 0 spiro atoms. The van der Waals surface area contributed by atoms with E-state index in [1.165, 1.54) is 0 Å². The molecule has 1 aromatic heterocycles. The van der Waals surface area contributed by atoms with Crippen LogP contribution in [0.25, 0.3) is 10.9 Å². The fraction of sp³-hybridized carbons (Fsp3) is 0.500. The number of benzene rings is 1. The lowest BCUT2D eigenvalue weighted by Crippen LogP contribution is -2.44. The molecule has 1 aliphatic rings. The summed E-state index contributed by atoms with van der Waals surface area (Å²) in [5.41, 5.74) is 1.37. The molecule has 112 valence electrons. The first kappa shape index (κ1) is 14.1. The van der Waals surface area contributed by atoms with E-state index < -0.39 is 0 Å². The van der Waals surface area contributed by atoms with Crippen LogP contribution in [-0.2, 0) is 4.79 Å². The summed E-state index contributed by atoms with van der Waals surface area (Å²) in [6.45, 7) is 6.05. The predicted molar refractivity (Wildman–Crippen MR) is 84.1 cm³/mol. The molecule has 2 aromatic rings. The predicted octanol–water partition coefficient (Wildman–Crippen LogP) is 2.53. The number of hydrogen-bond acceptors (Lipinski definition) is 3. The molecule has 0 aliphatic carbocycles. The molecule has 3 N–H and O–H groups in total. The van der Waals surface area contributed by atoms with Gasteiger partial charge in [-0.2, -0.15) is 5.10 Å². The van der Waals surface area contributed by atoms with Gasteiger partial charge in [0.2, 0.25) is 5.91 Å². The molecule has 1 saturated heterocycles. The highest BCUT2D eigenvalue weighted by atomic mass is 16.2. The Bertz CT molecular complexity index is 641. The number of carbonyl (C=O) groups is 1. The first-order valence-corrected chi connectivity index (χ1v) is 7.53. The minimum absolute atomic E-state index is 0.0740. The van der Waals surface area contributed by atoms with Gasteiger partial charge in [0.15, 0.2) is 0 Å². The quantitative estimate of drug-likeness (QED) is 0.812. The van der Waals surface area contributed by atoms with Gasteiger partial charge < -0.3 is 10.6 Å². The zero-order valence-corrected chi connectivity index (χ0v) is 12.6. The van der Waals surface area contributed by atoms with Crippen molar-refractivity contribution in [2.75, 3.05) is 18.4 Å². The van der Waals surface area contributed by atoms with E-state index in [4.69, 9.17) is 0 Å². The third-order valence-electron chi connectivity index (χ3n) is 4.64. The lowest BCUT2D eigenvalue weighted by atomic mass is 9.74. The number of aromatic nitrogens is 2. The van der Waals surface area contributed by atoms with E-state index >= 15 is 0 Å². The third-order valence-corrected chi connectivity index (χ3v) is 4.64. The van der Waals surface area contributed by atoms with Crippen LogP contribution in [0.3, 0.4) is 0 Å². The zero-order chi connectivity index (χ0) is 14.9. The Labute approximate surface area is 124 Å². The van der Waals surface area contributed by atoms with Crippen LogP contribution in [-0.4, -0.2) is 29.2 Å². The van der Waals surface area contributed by atoms with Crippen molar-refractivity contribution in [3.63, 3.8) is 0 Å². The van der Waals surface area contributed by atoms with Crippen molar-refractivity contribution in [3.8, 4) is 0 Å². The monoisotopic (exact) mass is 286 g/mol. The summed E-state index contributed by atoms with van der Waals surface area (Å²) >= 11 is 0. The van der Waals surface area contributed by atoms with Crippen molar-refractivity contribution < 1.29 is 4.79 Å². The molecule has 1 aromatic carbocycles. The smallest absolute Gasteiger partial charge is 0.230 e. The van der Waals surface area contributed by atoms with Crippen LogP contribution in [0.5, 0.6) is 0 Å². The van der Waals surface area contributed by atoms with Gasteiger partial charge in [-0.25, -0.2) is 0 Å². The number of H-pyrrole nitrogens is 1. The van der Waals surface area contributed by atoms with Crippen LogP contribution in [0, 0.1) is 11.3 Å². The number of fused-ring (bicyclic) bond motifs is 1. The normalized spacial score (nSPS) is 19.6. The van der Waals surface area contributed by atoms with Gasteiger partial charge in [-0.15, -0.1) is 0 Å². The number of piperidine rings is 1. The van der Waals surface area contributed by atoms with E-state index in [0.29, 0.717) is 5.92 Å². The summed E-state index contributed by atoms with van der Waals surface area (Å²) < 4.78 is 0. The van der Waals surface area contributed by atoms with E-state index in [0.717, 1.165) is 42.5 Å². The zero-order valence-electron chi connectivity index (χ0n) is 12.6. The molecule has 21 heavy (non-hydrogen) atoms. The number of rotatable bonds is 3. The molecular weight excluding hydrogens is 264 g/mol. The molecule has 0 saturated carbocycles. The molecule has 1 unspecified atom stereocenters. The summed E-state index contributed by atoms with van der Waals surface area (Å²) in [5, 5.41) is 14.4. The molecule has 1 atom stereocenters. The van der Waals surface area contributed by atoms with E-state index in [-0.39, 0.29) is 11.3 Å². The number of aromatic amines is 1. The summed E-state index contributed by atoms with van der Waals surface area (Å²) in [6, 6.07) is 5.80. The van der Waals surface area contributed by atoms with Crippen molar-refractivity contribution in [2.24, 2.45) is 11.3 Å². The van der Waals surface area contributed by atoms with E-state index in [9.17, 15) is 4.79 Å². The molecule has 1 amide bonds. The molecule has 0 bridgehead atoms. The summed E-state index contributed by atoms with van der Waals surface area (Å²) in [4.78, 5) is 12.7. The number of nitrogens with zero attached hydrogens (tertiary/aromatic N) is 1. The lowest BCUT2D eigenvalue weighted by Gasteiger charge is -2.36. The molecule has 1 aliphatic heterocycles. The molecule has 0 radical (unpaired) electrons. The van der Waals surface area contributed by atoms with Crippen molar-refractivity contribution in [3.05, 3.63) is 24.4 Å². The summed E-state index contributed by atoms with van der Waals surface area (Å²) in [7, 11) is 0. The lowest BCUT2D eigenvalue weighted by molar-refractivity contribution is -0.127. The van der Waals surface area contributed by atoms with Crippen LogP contribution in [0.2, 0.25) is 0 Å². The fourth-order valence-electron chi connectivity index (χ4n) is 3.01. The van der Waals surface area contributed by atoms with Crippen molar-refractivity contribution >= 4 is 22.5 Å². The topological polar surface area (TPSA) is 69.8 Å². The molecule has 1 fully saturated rings. The maximum atomic E-state index is 12.7. The molecule has 3 rings (SSSR count). The van der Waals surface area contributed by atoms with E-state index in [2.05, 4.69) is 20.8 Å². The highest BCUT2D eigenvalue weighted by molar-refractivity contribution is 6.02. The van der Waals surface area contributed by atoms with E-state index in [1.54, 1.807) is 6.20 Å². The first-order chi connectivity index (χ1) is 10.1. The minimum Gasteiger partial charge on any atom is -0.325 e. The van der Waals surface area contributed by atoms with Gasteiger partial charge in [-0.1, -0.05) is 19.9 Å². The summed E-state index contributed by atoms with van der Waals surface area (Å²) in [6.07, 6.45) is 3.99. The number of hydrogen-bond donors (Lipinski definition) is 3. The van der Waals surface area contributed by atoms with Gasteiger partial charge >= 0.3 is 0 Å². The van der Waals surface area contributed by atoms with Gasteiger partial charge in [0, 0.05) is 10.8 Å². The van der Waals surface area contributed by atoms with Crippen LogP contribution in [0.1, 0.15) is 26.7 Å². The van der Waals surface area contributed by atoms with Gasteiger partial charge in [0.05, 0.1) is 17.4 Å². The second-order valence-electron chi connectivity index (χ2n) is 6.36. The number of nitrogens with one attached hydrogen (secondary N) is 3. The number of amides is 1. The van der Waals surface area contributed by atoms with Gasteiger partial charge in [0.25, 0.3) is 0 Å². The first-order valence-electron chi connectivity index (χ1n) is 7.53. The Morgan fingerprint density at radius 2 is 2.29 bits per heavy atom. The van der Waals surface area contributed by atoms with E-state index in [1.807, 2.05) is 32.0 Å². The maximum Gasteiger partial charge on any atom is 0.230 e. The second-order valence-corrected chi connectivity index (χ2v) is 6.36. The summed E-state index contributed by atoms with van der Waals surface area (Å²) in [5.74, 6) is 0.444. The molecule has 5 nitrogen and oxygen atoms in total. The van der Waals surface area contributed by atoms with Crippen LogP contribution < -0.4 is 10.6 Å². The average Bonchev–Trinajstić information content (AvgIpc) is 2.97. The number of carbonyl (C=O) groups excluding carboxylic acids is 1. The number of anilines is 1. The van der Waals surface area contributed by atoms with Crippen LogP contribution in [0.4, 0.5) is 5.69 Å². The van der Waals surface area contributed by atoms with Crippen LogP contribution >= 0.6 is 0 Å². The Morgan fingerprint density at radius 1 is 1.43 bits per heavy atom. The Balaban J connectivity index is 1.80. The highest BCUT2D eigenvalue weighted by Gasteiger charge is 2.37. The van der Waals surface area contributed by atoms with Gasteiger partial charge in [-0.05, 0) is 44.0 Å². The second kappa shape index (κ2) is 5.48. The highest BCUT2D eigenvalue weighted by Crippen LogP contribution is 2.33. The van der Waals surface area contributed by atoms with Crippen molar-refractivity contribution in [1.29, 1.82) is 0 Å².